The molecule has 3 N–H and O–H groups in total. The van der Waals surface area contributed by atoms with Crippen molar-refractivity contribution >= 4 is 23.7 Å². The lowest BCUT2D eigenvalue weighted by atomic mass is 10.0. The molecule has 3 fully saturated rings. The lowest BCUT2D eigenvalue weighted by molar-refractivity contribution is -0.127. The number of aromatic nitrogens is 2. The average Bonchev–Trinajstić information content (AvgIpc) is 3.59. The number of nitrogens with zero attached hydrogens (tertiary/aromatic N) is 5. The van der Waals surface area contributed by atoms with Crippen LogP contribution in [0.1, 0.15) is 51.9 Å². The predicted octanol–water partition coefficient (Wildman–Crippen LogP) is 1.55. The third-order valence-electron chi connectivity index (χ3n) is 8.14. The summed E-state index contributed by atoms with van der Waals surface area (Å²) in [6, 6.07) is 10.5. The first-order valence-electron chi connectivity index (χ1n) is 13.5. The van der Waals surface area contributed by atoms with E-state index in [0.717, 1.165) is 38.9 Å². The summed E-state index contributed by atoms with van der Waals surface area (Å²) in [6.07, 6.45) is 2.96. The van der Waals surface area contributed by atoms with E-state index in [4.69, 9.17) is 5.73 Å². The van der Waals surface area contributed by atoms with Gasteiger partial charge < -0.3 is 25.8 Å². The van der Waals surface area contributed by atoms with Crippen molar-refractivity contribution in [3.8, 4) is 0 Å². The van der Waals surface area contributed by atoms with E-state index < -0.39 is 5.91 Å². The molecule has 3 amide bonds. The first-order chi connectivity index (χ1) is 18.3. The number of carbonyl (C=O) groups is 3. The number of aryl methyl sites for hydroxylation is 2. The first kappa shape index (κ1) is 26.1. The van der Waals surface area contributed by atoms with E-state index in [-0.39, 0.29) is 35.1 Å². The number of carbonyl (C=O) groups excluding carboxylic acids is 3. The molecule has 0 radical (unpaired) electrons. The van der Waals surface area contributed by atoms with Crippen LogP contribution in [0.2, 0.25) is 0 Å². The Morgan fingerprint density at radius 2 is 1.71 bits per heavy atom. The first-order valence-corrected chi connectivity index (χ1v) is 13.5. The number of rotatable bonds is 8. The van der Waals surface area contributed by atoms with Crippen molar-refractivity contribution < 1.29 is 14.4 Å². The van der Waals surface area contributed by atoms with Gasteiger partial charge in [-0.3, -0.25) is 14.4 Å². The van der Waals surface area contributed by atoms with Crippen LogP contribution in [0.4, 0.5) is 5.95 Å². The molecule has 0 bridgehead atoms. The molecule has 10 heteroatoms. The number of hydrogen-bond acceptors (Lipinski definition) is 7. The molecule has 38 heavy (non-hydrogen) atoms. The summed E-state index contributed by atoms with van der Waals surface area (Å²) in [5.74, 6) is 0.172. The number of benzene rings is 1. The highest BCUT2D eigenvalue weighted by molar-refractivity contribution is 6.06. The predicted molar refractivity (Wildman–Crippen MR) is 144 cm³/mol. The van der Waals surface area contributed by atoms with Crippen molar-refractivity contribution in [3.63, 3.8) is 0 Å². The number of nitrogens with one attached hydrogen (secondary N) is 1. The molecule has 2 unspecified atom stereocenters. The fourth-order valence-corrected chi connectivity index (χ4v) is 6.17. The topological polar surface area (TPSA) is 125 Å². The highest BCUT2D eigenvalue weighted by Gasteiger charge is 2.42. The van der Waals surface area contributed by atoms with Gasteiger partial charge in [0.2, 0.25) is 11.9 Å². The van der Waals surface area contributed by atoms with Crippen molar-refractivity contribution in [2.75, 3.05) is 51.1 Å². The zero-order valence-corrected chi connectivity index (χ0v) is 22.2. The Hall–Kier alpha value is -3.53. The van der Waals surface area contributed by atoms with Gasteiger partial charge in [-0.25, -0.2) is 9.97 Å². The Kier molecular flexibility index (Phi) is 7.60. The van der Waals surface area contributed by atoms with Crippen molar-refractivity contribution in [3.05, 3.63) is 52.8 Å². The second-order valence-corrected chi connectivity index (χ2v) is 10.9. The van der Waals surface area contributed by atoms with Crippen LogP contribution in [0, 0.1) is 18.8 Å². The normalized spacial score (nSPS) is 23.1. The molecule has 3 aliphatic rings. The molecule has 202 valence electrons. The molecule has 1 aromatic carbocycles. The number of fused-ring (bicyclic) bond motifs is 1. The summed E-state index contributed by atoms with van der Waals surface area (Å²) < 4.78 is 0. The van der Waals surface area contributed by atoms with Crippen molar-refractivity contribution in [2.45, 2.75) is 39.2 Å². The van der Waals surface area contributed by atoms with E-state index in [2.05, 4.69) is 44.5 Å². The van der Waals surface area contributed by atoms with E-state index in [1.165, 1.54) is 5.56 Å². The molecule has 2 aromatic rings. The molecule has 4 heterocycles. The van der Waals surface area contributed by atoms with Gasteiger partial charge in [0.1, 0.15) is 5.69 Å². The van der Waals surface area contributed by atoms with Gasteiger partial charge in [0.15, 0.2) is 0 Å². The smallest absolute Gasteiger partial charge is 0.268 e. The van der Waals surface area contributed by atoms with Crippen molar-refractivity contribution in [1.29, 1.82) is 0 Å². The monoisotopic (exact) mass is 519 g/mol. The summed E-state index contributed by atoms with van der Waals surface area (Å²) in [7, 11) is 0. The van der Waals surface area contributed by atoms with Crippen LogP contribution in [-0.4, -0.2) is 94.2 Å². The molecule has 0 spiro atoms. The molecule has 0 aliphatic carbocycles. The largest absolute Gasteiger partial charge is 0.364 e. The fraction of sp³-hybridized carbons (Fsp3) is 0.536. The lowest BCUT2D eigenvalue weighted by Crippen LogP contribution is -2.36. The number of primary amides is 1. The Bertz CT molecular complexity index is 1190. The van der Waals surface area contributed by atoms with Gasteiger partial charge >= 0.3 is 0 Å². The van der Waals surface area contributed by atoms with Gasteiger partial charge in [0, 0.05) is 52.2 Å². The standard InChI is InChI=1S/C28H37N7O3/c1-18-24(25(26(29)37)32-28(30-18)31-23-10-12-34(17-23)19(2)36)27(38)35-15-21-13-33(14-22(21)16-35)11-6-9-20-7-4-3-5-8-20/h3-5,7-8,21-23H,6,9-17H2,1-2H3,(H2,29,37)(H,30,31,32)/t21?,22?,23-/m0/s1. The zero-order chi connectivity index (χ0) is 26.8. The van der Waals surface area contributed by atoms with Crippen LogP contribution in [0.15, 0.2) is 30.3 Å². The molecule has 3 aliphatic heterocycles. The number of likely N-dealkylation sites (tertiary alicyclic amines) is 3. The molecular formula is C28H37N7O3. The Morgan fingerprint density at radius 1 is 1.00 bits per heavy atom. The molecule has 3 saturated heterocycles. The van der Waals surface area contributed by atoms with E-state index in [0.29, 0.717) is 43.7 Å². The van der Waals surface area contributed by atoms with Crippen molar-refractivity contribution in [2.24, 2.45) is 17.6 Å². The quantitative estimate of drug-likeness (QED) is 0.542. The Labute approximate surface area is 223 Å². The second-order valence-electron chi connectivity index (χ2n) is 10.9. The molecule has 5 rings (SSSR count). The average molecular weight is 520 g/mol. The minimum Gasteiger partial charge on any atom is -0.364 e. The maximum Gasteiger partial charge on any atom is 0.268 e. The molecule has 0 saturated carbocycles. The van der Waals surface area contributed by atoms with E-state index in [1.54, 1.807) is 18.7 Å². The van der Waals surface area contributed by atoms with Crippen LogP contribution < -0.4 is 11.1 Å². The number of anilines is 1. The van der Waals surface area contributed by atoms with Crippen molar-refractivity contribution in [1.82, 2.24) is 24.7 Å². The molecule has 1 aromatic heterocycles. The molecule has 3 atom stereocenters. The molecular weight excluding hydrogens is 482 g/mol. The minimum atomic E-state index is -0.748. The summed E-state index contributed by atoms with van der Waals surface area (Å²) in [5, 5.41) is 3.21. The van der Waals surface area contributed by atoms with E-state index >= 15 is 0 Å². The summed E-state index contributed by atoms with van der Waals surface area (Å²) >= 11 is 0. The SMILES string of the molecule is CC(=O)N1CC[C@H](Nc2nc(C)c(C(=O)N3CC4CN(CCCc5ccccc5)CC4C3)c(C(N)=O)n2)C1. The highest BCUT2D eigenvalue weighted by atomic mass is 16.2. The lowest BCUT2D eigenvalue weighted by Gasteiger charge is -2.23. The highest BCUT2D eigenvalue weighted by Crippen LogP contribution is 2.32. The van der Waals surface area contributed by atoms with Gasteiger partial charge in [0.25, 0.3) is 11.8 Å². The van der Waals surface area contributed by atoms with Gasteiger partial charge in [-0.15, -0.1) is 0 Å². The fourth-order valence-electron chi connectivity index (χ4n) is 6.17. The van der Waals surface area contributed by atoms with Crippen LogP contribution in [0.3, 0.4) is 0 Å². The third kappa shape index (κ3) is 5.65. The maximum atomic E-state index is 13.6. The van der Waals surface area contributed by atoms with Gasteiger partial charge in [-0.05, 0) is 50.1 Å². The number of hydrogen-bond donors (Lipinski definition) is 2. The Balaban J connectivity index is 1.19. The summed E-state index contributed by atoms with van der Waals surface area (Å²) in [5.41, 5.74) is 7.62. The molecule has 10 nitrogen and oxygen atoms in total. The Morgan fingerprint density at radius 3 is 2.34 bits per heavy atom. The maximum absolute atomic E-state index is 13.6. The zero-order valence-electron chi connectivity index (χ0n) is 22.2. The van der Waals surface area contributed by atoms with Gasteiger partial charge in [-0.2, -0.15) is 0 Å². The van der Waals surface area contributed by atoms with Gasteiger partial charge in [-0.1, -0.05) is 30.3 Å². The van der Waals surface area contributed by atoms with E-state index in [9.17, 15) is 14.4 Å². The minimum absolute atomic E-state index is 0.0193. The summed E-state index contributed by atoms with van der Waals surface area (Å²) in [6.45, 7) is 8.84. The van der Waals surface area contributed by atoms with E-state index in [1.807, 2.05) is 11.0 Å². The van der Waals surface area contributed by atoms with Crippen LogP contribution in [0.25, 0.3) is 0 Å². The number of amides is 3. The van der Waals surface area contributed by atoms with Crippen LogP contribution in [0.5, 0.6) is 0 Å². The van der Waals surface area contributed by atoms with Crippen LogP contribution in [-0.2, 0) is 11.2 Å². The number of nitrogens with two attached hydrogens (primary N) is 1. The van der Waals surface area contributed by atoms with Crippen LogP contribution >= 0.6 is 0 Å². The summed E-state index contributed by atoms with van der Waals surface area (Å²) in [4.78, 5) is 52.5. The third-order valence-corrected chi connectivity index (χ3v) is 8.14. The van der Waals surface area contributed by atoms with Gasteiger partial charge in [0.05, 0.1) is 11.3 Å². The second kappa shape index (κ2) is 11.1.